The van der Waals surface area contributed by atoms with Gasteiger partial charge in [0.15, 0.2) is 0 Å². The minimum Gasteiger partial charge on any atom is -0.347 e. The van der Waals surface area contributed by atoms with Crippen LogP contribution in [-0.4, -0.2) is 29.8 Å². The lowest BCUT2D eigenvalue weighted by Gasteiger charge is -2.56. The molecule has 1 aliphatic heterocycles. The second-order valence-corrected chi connectivity index (χ2v) is 10.7. The molecule has 6 rings (SSSR count). The highest BCUT2D eigenvalue weighted by Gasteiger charge is 2.51. The SMILES string of the molecule is C[C@H]1c2ccsc2CCN1C(=O)CNC(=O)CC12CC3CC(CC(C3)C1)C2. The van der Waals surface area contributed by atoms with Crippen molar-refractivity contribution in [3.8, 4) is 0 Å². The number of thiophene rings is 1. The van der Waals surface area contributed by atoms with Crippen molar-refractivity contribution in [3.05, 3.63) is 21.9 Å². The highest BCUT2D eigenvalue weighted by molar-refractivity contribution is 7.10. The zero-order chi connectivity index (χ0) is 18.6. The van der Waals surface area contributed by atoms with E-state index in [0.717, 1.165) is 30.7 Å². The Bertz CT molecular complexity index is 720. The van der Waals surface area contributed by atoms with Crippen molar-refractivity contribution in [2.75, 3.05) is 13.1 Å². The second kappa shape index (κ2) is 6.61. The van der Waals surface area contributed by atoms with E-state index in [1.807, 2.05) is 4.90 Å². The molecule has 4 fully saturated rings. The molecule has 1 atom stereocenters. The van der Waals surface area contributed by atoms with Crippen LogP contribution in [0, 0.1) is 23.2 Å². The van der Waals surface area contributed by atoms with Crippen molar-refractivity contribution in [2.24, 2.45) is 23.2 Å². The van der Waals surface area contributed by atoms with Crippen molar-refractivity contribution in [2.45, 2.75) is 64.3 Å². The normalized spacial score (nSPS) is 36.6. The molecule has 146 valence electrons. The molecule has 27 heavy (non-hydrogen) atoms. The van der Waals surface area contributed by atoms with Crippen molar-refractivity contribution in [1.29, 1.82) is 0 Å². The third-order valence-corrected chi connectivity index (χ3v) is 8.73. The zero-order valence-corrected chi connectivity index (χ0v) is 17.0. The molecule has 1 N–H and O–H groups in total. The van der Waals surface area contributed by atoms with E-state index in [-0.39, 0.29) is 29.8 Å². The van der Waals surface area contributed by atoms with Crippen molar-refractivity contribution in [1.82, 2.24) is 10.2 Å². The molecular weight excluding hydrogens is 356 g/mol. The van der Waals surface area contributed by atoms with Crippen LogP contribution in [0.4, 0.5) is 0 Å². The molecule has 0 spiro atoms. The lowest BCUT2D eigenvalue weighted by Crippen LogP contribution is -2.49. The smallest absolute Gasteiger partial charge is 0.242 e. The first-order valence-corrected chi connectivity index (χ1v) is 11.5. The maximum absolute atomic E-state index is 12.7. The van der Waals surface area contributed by atoms with Gasteiger partial charge in [0.25, 0.3) is 0 Å². The summed E-state index contributed by atoms with van der Waals surface area (Å²) in [5.41, 5.74) is 1.52. The van der Waals surface area contributed by atoms with Gasteiger partial charge in [0.1, 0.15) is 0 Å². The maximum atomic E-state index is 12.7. The first-order valence-electron chi connectivity index (χ1n) is 10.6. The first kappa shape index (κ1) is 17.7. The number of hydrogen-bond donors (Lipinski definition) is 1. The Balaban J connectivity index is 1.16. The Hall–Kier alpha value is -1.36. The molecule has 1 aromatic rings. The molecule has 0 radical (unpaired) electrons. The monoisotopic (exact) mass is 386 g/mol. The van der Waals surface area contributed by atoms with Gasteiger partial charge in [0, 0.05) is 17.8 Å². The van der Waals surface area contributed by atoms with Gasteiger partial charge in [0.2, 0.25) is 11.8 Å². The Morgan fingerprint density at radius 1 is 1.19 bits per heavy atom. The van der Waals surface area contributed by atoms with Crippen LogP contribution < -0.4 is 5.32 Å². The molecule has 0 saturated heterocycles. The molecule has 4 saturated carbocycles. The minimum absolute atomic E-state index is 0.0539. The largest absolute Gasteiger partial charge is 0.347 e. The summed E-state index contributed by atoms with van der Waals surface area (Å²) in [6, 6.07) is 2.25. The molecule has 1 aromatic heterocycles. The topological polar surface area (TPSA) is 49.4 Å². The molecule has 5 aliphatic rings. The number of rotatable bonds is 4. The van der Waals surface area contributed by atoms with E-state index in [9.17, 15) is 9.59 Å². The average molecular weight is 387 g/mol. The van der Waals surface area contributed by atoms with Crippen LogP contribution in [0.15, 0.2) is 11.4 Å². The van der Waals surface area contributed by atoms with Gasteiger partial charge in [-0.3, -0.25) is 9.59 Å². The molecule has 2 amide bonds. The fourth-order valence-corrected chi connectivity index (χ4v) is 8.00. The van der Waals surface area contributed by atoms with E-state index in [4.69, 9.17) is 0 Å². The Morgan fingerprint density at radius 3 is 2.52 bits per heavy atom. The number of hydrogen-bond acceptors (Lipinski definition) is 3. The van der Waals surface area contributed by atoms with Crippen LogP contribution in [0.25, 0.3) is 0 Å². The molecule has 4 nitrogen and oxygen atoms in total. The van der Waals surface area contributed by atoms with Crippen LogP contribution in [0.1, 0.15) is 68.4 Å². The zero-order valence-electron chi connectivity index (χ0n) is 16.2. The maximum Gasteiger partial charge on any atom is 0.242 e. The fraction of sp³-hybridized carbons (Fsp3) is 0.727. The number of nitrogens with zero attached hydrogens (tertiary/aromatic N) is 1. The van der Waals surface area contributed by atoms with E-state index in [1.165, 1.54) is 49.0 Å². The summed E-state index contributed by atoms with van der Waals surface area (Å²) in [5.74, 6) is 2.73. The van der Waals surface area contributed by atoms with Gasteiger partial charge < -0.3 is 10.2 Å². The predicted octanol–water partition coefficient (Wildman–Crippen LogP) is 3.92. The standard InChI is InChI=1S/C22H30N2O2S/c1-14-18-3-5-27-19(18)2-4-24(14)21(26)13-23-20(25)12-22-9-15-6-16(10-22)8-17(7-15)11-22/h3,5,14-17H,2,4,6-13H2,1H3,(H,23,25)/t14-,15?,16?,17?,22?/m0/s1. The van der Waals surface area contributed by atoms with Crippen LogP contribution >= 0.6 is 11.3 Å². The summed E-state index contributed by atoms with van der Waals surface area (Å²) in [7, 11) is 0. The van der Waals surface area contributed by atoms with Gasteiger partial charge in [-0.1, -0.05) is 0 Å². The Labute approximate surface area is 165 Å². The number of fused-ring (bicyclic) bond motifs is 1. The summed E-state index contributed by atoms with van der Waals surface area (Å²) in [5, 5.41) is 5.08. The molecule has 4 bridgehead atoms. The van der Waals surface area contributed by atoms with E-state index < -0.39 is 0 Å². The van der Waals surface area contributed by atoms with Crippen LogP contribution in [0.3, 0.4) is 0 Å². The van der Waals surface area contributed by atoms with Gasteiger partial charge >= 0.3 is 0 Å². The number of amides is 2. The van der Waals surface area contributed by atoms with Crippen LogP contribution in [0.2, 0.25) is 0 Å². The van der Waals surface area contributed by atoms with Gasteiger partial charge in [-0.15, -0.1) is 11.3 Å². The highest BCUT2D eigenvalue weighted by Crippen LogP contribution is 2.61. The van der Waals surface area contributed by atoms with E-state index in [1.54, 1.807) is 11.3 Å². The first-order chi connectivity index (χ1) is 13.0. The van der Waals surface area contributed by atoms with Gasteiger partial charge in [-0.05, 0) is 92.0 Å². The highest BCUT2D eigenvalue weighted by atomic mass is 32.1. The Kier molecular flexibility index (Phi) is 4.34. The Morgan fingerprint density at radius 2 is 1.85 bits per heavy atom. The number of carbonyl (C=O) groups excluding carboxylic acids is 2. The molecule has 2 heterocycles. The molecule has 0 aromatic carbocycles. The van der Waals surface area contributed by atoms with Crippen molar-refractivity contribution < 1.29 is 9.59 Å². The van der Waals surface area contributed by atoms with E-state index in [2.05, 4.69) is 23.7 Å². The van der Waals surface area contributed by atoms with Crippen molar-refractivity contribution in [3.63, 3.8) is 0 Å². The summed E-state index contributed by atoms with van der Waals surface area (Å²) < 4.78 is 0. The summed E-state index contributed by atoms with van der Waals surface area (Å²) in [6.07, 6.45) is 9.49. The third-order valence-electron chi connectivity index (χ3n) is 7.73. The van der Waals surface area contributed by atoms with Crippen LogP contribution in [-0.2, 0) is 16.0 Å². The summed E-state index contributed by atoms with van der Waals surface area (Å²) in [4.78, 5) is 28.7. The lowest BCUT2D eigenvalue weighted by molar-refractivity contribution is -0.137. The lowest BCUT2D eigenvalue weighted by atomic mass is 9.49. The second-order valence-electron chi connectivity index (χ2n) is 9.68. The molecule has 4 aliphatic carbocycles. The van der Waals surface area contributed by atoms with Gasteiger partial charge in [-0.25, -0.2) is 0 Å². The van der Waals surface area contributed by atoms with Crippen molar-refractivity contribution >= 4 is 23.2 Å². The molecule has 0 unspecified atom stereocenters. The number of carbonyl (C=O) groups is 2. The minimum atomic E-state index is 0.0539. The number of nitrogens with one attached hydrogen (secondary N) is 1. The quantitative estimate of drug-likeness (QED) is 0.853. The van der Waals surface area contributed by atoms with Gasteiger partial charge in [-0.2, -0.15) is 0 Å². The predicted molar refractivity (Wildman–Crippen MR) is 106 cm³/mol. The fourth-order valence-electron chi connectivity index (χ4n) is 7.04. The van der Waals surface area contributed by atoms with Crippen LogP contribution in [0.5, 0.6) is 0 Å². The summed E-state index contributed by atoms with van der Waals surface area (Å²) >= 11 is 1.78. The van der Waals surface area contributed by atoms with E-state index >= 15 is 0 Å². The van der Waals surface area contributed by atoms with Gasteiger partial charge in [0.05, 0.1) is 12.6 Å². The summed E-state index contributed by atoms with van der Waals surface area (Å²) in [6.45, 7) is 3.01. The molecular formula is C22H30N2O2S. The average Bonchev–Trinajstić information content (AvgIpc) is 3.08. The van der Waals surface area contributed by atoms with E-state index in [0.29, 0.717) is 6.42 Å². The molecule has 5 heteroatoms. The third kappa shape index (κ3) is 3.22.